The zero-order valence-electron chi connectivity index (χ0n) is 42.5. The molecule has 0 aliphatic rings. The van der Waals surface area contributed by atoms with Crippen molar-refractivity contribution in [2.45, 2.75) is 219 Å². The Morgan fingerprint density at radius 2 is 0.828 bits per heavy atom. The van der Waals surface area contributed by atoms with E-state index in [1.807, 2.05) is 0 Å². The zero-order chi connectivity index (χ0) is 47.1. The highest BCUT2D eigenvalue weighted by Crippen LogP contribution is 2.15. The van der Waals surface area contributed by atoms with Gasteiger partial charge in [-0.25, -0.2) is 0 Å². The summed E-state index contributed by atoms with van der Waals surface area (Å²) in [5, 5.41) is 18.0. The molecule has 0 saturated carbocycles. The van der Waals surface area contributed by atoms with Crippen LogP contribution in [0.4, 0.5) is 0 Å². The van der Waals surface area contributed by atoms with Gasteiger partial charge in [0.25, 0.3) is 0 Å². The highest BCUT2D eigenvalue weighted by Gasteiger charge is 2.24. The molecule has 0 rings (SSSR count). The van der Waals surface area contributed by atoms with Crippen LogP contribution in [-0.4, -0.2) is 127 Å². The van der Waals surface area contributed by atoms with E-state index < -0.39 is 0 Å². The molecule has 11 heteroatoms. The summed E-state index contributed by atoms with van der Waals surface area (Å²) >= 11 is 3.00. The van der Waals surface area contributed by atoms with Crippen molar-refractivity contribution in [3.63, 3.8) is 0 Å². The molecule has 0 fully saturated rings. The van der Waals surface area contributed by atoms with E-state index >= 15 is 0 Å². The average molecular weight is 954 g/mol. The van der Waals surface area contributed by atoms with Crippen LogP contribution in [0.5, 0.6) is 0 Å². The van der Waals surface area contributed by atoms with Crippen molar-refractivity contribution < 1.29 is 43.1 Å². The Balaban J connectivity index is 0. The number of rotatable bonds is 53. The van der Waals surface area contributed by atoms with E-state index in [2.05, 4.69) is 74.8 Å². The van der Waals surface area contributed by atoms with Crippen molar-refractivity contribution >= 4 is 22.5 Å². The van der Waals surface area contributed by atoms with Gasteiger partial charge >= 0.3 is 0 Å². The van der Waals surface area contributed by atoms with E-state index in [-0.39, 0.29) is 25.6 Å². The number of hydrogen-bond acceptors (Lipinski definition) is 9. The Kier molecular flexibility index (Phi) is 58.7. The normalized spacial score (nSPS) is 12.6. The second-order valence-corrected chi connectivity index (χ2v) is 18.3. The Labute approximate surface area is 407 Å². The van der Waals surface area contributed by atoms with E-state index in [0.717, 1.165) is 56.5 Å². The van der Waals surface area contributed by atoms with E-state index in [1.165, 1.54) is 167 Å². The van der Waals surface area contributed by atoms with Crippen LogP contribution in [0.3, 0.4) is 0 Å². The van der Waals surface area contributed by atoms with Gasteiger partial charge in [-0.2, -0.15) is 0 Å². The number of unbranched alkanes of at least 4 members (excludes halogenated alkanes) is 24. The predicted molar refractivity (Wildman–Crippen MR) is 277 cm³/mol. The third kappa shape index (κ3) is 54.4. The van der Waals surface area contributed by atoms with E-state index in [4.69, 9.17) is 38.6 Å². The Morgan fingerprint density at radius 1 is 0.438 bits per heavy atom. The summed E-state index contributed by atoms with van der Waals surface area (Å²) in [5.41, 5.74) is 0. The molecule has 2 N–H and O–H groups in total. The van der Waals surface area contributed by atoms with Crippen LogP contribution in [0, 0.1) is 0 Å². The third-order valence-corrected chi connectivity index (χ3v) is 11.5. The standard InChI is InChI=1S/C53H106NO8.ClHS/c1-5-7-9-11-13-15-17-19-21-23-25-27-29-31-33-35-42-59-51-52(60-43-36-34-32-30-28-26-24-22-20-18-16-14-12-10-8-6-2)50-54(3,4)39-37-38-53(61-48-46-57-44-40-55)62-49-47-58-45-41-56;1-2/h19-22,52-53,55-56H,5-18,23-51H2,1-4H3;2H/q+1;/b21-19-,22-20-;. The van der Waals surface area contributed by atoms with E-state index in [9.17, 15) is 0 Å². The molecule has 0 saturated heterocycles. The van der Waals surface area contributed by atoms with Crippen LogP contribution in [0.1, 0.15) is 206 Å². The quantitative estimate of drug-likeness (QED) is 0.0182. The first-order valence-corrected chi connectivity index (χ1v) is 27.9. The van der Waals surface area contributed by atoms with Crippen LogP contribution >= 0.6 is 22.5 Å². The maximum absolute atomic E-state index is 8.99. The molecule has 0 aromatic heterocycles. The molecule has 1 atom stereocenters. The highest BCUT2D eigenvalue weighted by atomic mass is 35.7. The van der Waals surface area contributed by atoms with Gasteiger partial charge in [0.2, 0.25) is 0 Å². The third-order valence-electron chi connectivity index (χ3n) is 11.5. The van der Waals surface area contributed by atoms with Gasteiger partial charge in [0, 0.05) is 26.1 Å². The molecule has 0 aliphatic heterocycles. The van der Waals surface area contributed by atoms with Crippen LogP contribution in [-0.2, 0) is 28.4 Å². The molecule has 384 valence electrons. The molecule has 0 aromatic rings. The summed E-state index contributed by atoms with van der Waals surface area (Å²) in [6.45, 7) is 10.9. The minimum Gasteiger partial charge on any atom is -0.394 e. The lowest BCUT2D eigenvalue weighted by atomic mass is 10.1. The molecule has 0 heterocycles. The largest absolute Gasteiger partial charge is 0.394 e. The van der Waals surface area contributed by atoms with Gasteiger partial charge < -0.3 is 43.1 Å². The molecule has 0 radical (unpaired) electrons. The lowest BCUT2D eigenvalue weighted by Crippen LogP contribution is -2.48. The fraction of sp³-hybridized carbons (Fsp3) is 0.925. The van der Waals surface area contributed by atoms with E-state index in [0.29, 0.717) is 46.2 Å². The second kappa shape index (κ2) is 57.1. The van der Waals surface area contributed by atoms with Crippen LogP contribution in [0.15, 0.2) is 24.3 Å². The molecule has 1 unspecified atom stereocenters. The van der Waals surface area contributed by atoms with Crippen molar-refractivity contribution in [3.05, 3.63) is 24.3 Å². The first-order chi connectivity index (χ1) is 31.5. The predicted octanol–water partition coefficient (Wildman–Crippen LogP) is 13.8. The molecule has 0 aromatic carbocycles. The molecule has 9 nitrogen and oxygen atoms in total. The number of allylic oxidation sites excluding steroid dienone is 4. The average Bonchev–Trinajstić information content (AvgIpc) is 3.29. The van der Waals surface area contributed by atoms with Crippen LogP contribution in [0.2, 0.25) is 0 Å². The Bertz CT molecular complexity index is 904. The SMILES string of the molecule is CCCCCCCC/C=C\CCCCCCCCOCC(C[N+](C)(C)CCCC(OCCOCCO)OCCOCCO)OCCCCCCCC/C=C\CCCCCCCC.SCl. The molecule has 0 bridgehead atoms. The molecule has 64 heavy (non-hydrogen) atoms. The first-order valence-electron chi connectivity index (χ1n) is 26.6. The molecular formula is C53H107ClNO8S+. The number of likely N-dealkylation sites (N-methyl/N-ethyl adjacent to an activating group) is 1. The minimum absolute atomic E-state index is 0.000406. The molecule has 0 spiro atoms. The Morgan fingerprint density at radius 3 is 1.25 bits per heavy atom. The topological polar surface area (TPSA) is 95.8 Å². The van der Waals surface area contributed by atoms with Crippen molar-refractivity contribution in [2.24, 2.45) is 0 Å². The smallest absolute Gasteiger partial charge is 0.158 e. The number of quaternary nitrogens is 1. The molecular weight excluding hydrogens is 846 g/mol. The number of hydrogen-bond donors (Lipinski definition) is 3. The van der Waals surface area contributed by atoms with Crippen LogP contribution < -0.4 is 0 Å². The lowest BCUT2D eigenvalue weighted by Gasteiger charge is -2.34. The molecule has 0 aliphatic carbocycles. The van der Waals surface area contributed by atoms with Gasteiger partial charge in [-0.3, -0.25) is 0 Å². The maximum Gasteiger partial charge on any atom is 0.158 e. The second-order valence-electron chi connectivity index (χ2n) is 18.3. The number of aliphatic hydroxyl groups excluding tert-OH is 2. The first kappa shape index (κ1) is 65.8. The van der Waals surface area contributed by atoms with Crippen molar-refractivity contribution in [2.75, 3.05) is 99.9 Å². The Hall–Kier alpha value is -0.240. The fourth-order valence-corrected chi connectivity index (χ4v) is 7.77. The van der Waals surface area contributed by atoms with E-state index in [1.54, 1.807) is 0 Å². The summed E-state index contributed by atoms with van der Waals surface area (Å²) in [5.74, 6) is 0. The summed E-state index contributed by atoms with van der Waals surface area (Å²) in [4.78, 5) is 0. The molecule has 0 amide bonds. The van der Waals surface area contributed by atoms with Crippen molar-refractivity contribution in [3.8, 4) is 0 Å². The summed E-state index contributed by atoms with van der Waals surface area (Å²) in [6, 6.07) is 0. The number of ether oxygens (including phenoxy) is 6. The van der Waals surface area contributed by atoms with Gasteiger partial charge in [0.05, 0.1) is 80.1 Å². The van der Waals surface area contributed by atoms with Crippen LogP contribution in [0.25, 0.3) is 0 Å². The van der Waals surface area contributed by atoms with Gasteiger partial charge in [-0.1, -0.05) is 166 Å². The lowest BCUT2D eigenvalue weighted by molar-refractivity contribution is -0.893. The number of aliphatic hydroxyl groups is 2. The summed E-state index contributed by atoms with van der Waals surface area (Å²) in [7, 11) is 8.90. The monoisotopic (exact) mass is 953 g/mol. The van der Waals surface area contributed by atoms with Gasteiger partial charge in [-0.05, 0) is 74.9 Å². The summed E-state index contributed by atoms with van der Waals surface area (Å²) < 4.78 is 36.4. The van der Waals surface area contributed by atoms with Crippen molar-refractivity contribution in [1.29, 1.82) is 0 Å². The maximum atomic E-state index is 8.99. The minimum atomic E-state index is -0.358. The summed E-state index contributed by atoms with van der Waals surface area (Å²) in [6.07, 6.45) is 47.8. The number of thiol groups is 1. The van der Waals surface area contributed by atoms with Gasteiger partial charge in [0.1, 0.15) is 12.6 Å². The highest BCUT2D eigenvalue weighted by molar-refractivity contribution is 8.05. The number of halogens is 1. The van der Waals surface area contributed by atoms with Gasteiger partial charge in [-0.15, -0.1) is 0 Å². The zero-order valence-corrected chi connectivity index (χ0v) is 44.1. The van der Waals surface area contributed by atoms with Gasteiger partial charge in [0.15, 0.2) is 6.29 Å². The number of nitrogens with zero attached hydrogens (tertiary/aromatic N) is 1. The van der Waals surface area contributed by atoms with Crippen molar-refractivity contribution in [1.82, 2.24) is 0 Å². The fourth-order valence-electron chi connectivity index (χ4n) is 7.77.